The van der Waals surface area contributed by atoms with Gasteiger partial charge in [0.15, 0.2) is 5.58 Å². The quantitative estimate of drug-likeness (QED) is 0.841. The lowest BCUT2D eigenvalue weighted by Crippen LogP contribution is -2.45. The van der Waals surface area contributed by atoms with Crippen molar-refractivity contribution in [2.75, 3.05) is 26.2 Å². The van der Waals surface area contributed by atoms with Crippen LogP contribution >= 0.6 is 0 Å². The Kier molecular flexibility index (Phi) is 3.89. The monoisotopic (exact) mass is 355 g/mol. The van der Waals surface area contributed by atoms with Crippen LogP contribution in [0.4, 0.5) is 0 Å². The third-order valence-electron chi connectivity index (χ3n) is 6.24. The minimum absolute atomic E-state index is 0.0313. The third kappa shape index (κ3) is 2.96. The van der Waals surface area contributed by atoms with Crippen molar-refractivity contribution >= 4 is 17.0 Å². The minimum Gasteiger partial charge on any atom is -0.408 e. The molecule has 1 aromatic heterocycles. The van der Waals surface area contributed by atoms with Gasteiger partial charge in [-0.25, -0.2) is 4.79 Å². The van der Waals surface area contributed by atoms with E-state index in [1.54, 1.807) is 6.07 Å². The number of para-hydroxylation sites is 2. The Morgan fingerprint density at radius 1 is 1.08 bits per heavy atom. The molecule has 3 saturated heterocycles. The topological polar surface area (TPSA) is 58.7 Å². The number of carbonyl (C=O) groups is 1. The molecule has 0 N–H and O–H groups in total. The molecule has 1 aliphatic carbocycles. The van der Waals surface area contributed by atoms with E-state index in [1.165, 1.54) is 36.8 Å². The van der Waals surface area contributed by atoms with Gasteiger partial charge in [-0.15, -0.1) is 0 Å². The Hall–Kier alpha value is -2.08. The van der Waals surface area contributed by atoms with E-state index in [2.05, 4.69) is 4.90 Å². The van der Waals surface area contributed by atoms with Gasteiger partial charge in [0.25, 0.3) is 0 Å². The Labute approximate surface area is 152 Å². The predicted molar refractivity (Wildman–Crippen MR) is 97.9 cm³/mol. The molecule has 2 aromatic rings. The molecule has 2 atom stereocenters. The molecule has 6 nitrogen and oxygen atoms in total. The molecule has 2 bridgehead atoms. The fourth-order valence-electron chi connectivity index (χ4n) is 4.64. The number of piperidine rings is 1. The van der Waals surface area contributed by atoms with E-state index >= 15 is 0 Å². The zero-order valence-electron chi connectivity index (χ0n) is 15.0. The van der Waals surface area contributed by atoms with Crippen molar-refractivity contribution < 1.29 is 9.21 Å². The predicted octanol–water partition coefficient (Wildman–Crippen LogP) is 1.93. The van der Waals surface area contributed by atoms with Crippen LogP contribution in [0, 0.1) is 11.8 Å². The van der Waals surface area contributed by atoms with Crippen LogP contribution < -0.4 is 5.76 Å². The van der Waals surface area contributed by atoms with Crippen LogP contribution in [0.3, 0.4) is 0 Å². The molecule has 1 saturated carbocycles. The molecule has 1 aromatic carbocycles. The second-order valence-corrected chi connectivity index (χ2v) is 8.22. The minimum atomic E-state index is -0.451. The number of benzene rings is 1. The molecule has 26 heavy (non-hydrogen) atoms. The number of fused-ring (bicyclic) bond motifs is 5. The first-order chi connectivity index (χ1) is 12.7. The molecule has 138 valence electrons. The fraction of sp³-hybridized carbons (Fsp3) is 0.600. The average Bonchev–Trinajstić information content (AvgIpc) is 3.44. The Bertz CT molecular complexity index is 882. The molecule has 0 spiro atoms. The van der Waals surface area contributed by atoms with Crippen molar-refractivity contribution in [1.29, 1.82) is 0 Å². The lowest BCUT2D eigenvalue weighted by Gasteiger charge is -2.36. The Balaban J connectivity index is 1.34. The summed E-state index contributed by atoms with van der Waals surface area (Å²) in [5.74, 6) is 1.03. The van der Waals surface area contributed by atoms with Crippen LogP contribution in [-0.2, 0) is 11.3 Å². The van der Waals surface area contributed by atoms with Crippen LogP contribution in [-0.4, -0.2) is 52.5 Å². The van der Waals surface area contributed by atoms with Gasteiger partial charge in [-0.2, -0.15) is 0 Å². The highest BCUT2D eigenvalue weighted by Gasteiger charge is 2.38. The first kappa shape index (κ1) is 16.1. The molecule has 4 heterocycles. The molecular weight excluding hydrogens is 330 g/mol. The molecule has 1 amide bonds. The normalized spacial score (nSPS) is 26.4. The number of hydrogen-bond acceptors (Lipinski definition) is 4. The van der Waals surface area contributed by atoms with Gasteiger partial charge in [-0.3, -0.25) is 14.3 Å². The molecular formula is C20H25N3O3. The van der Waals surface area contributed by atoms with Crippen molar-refractivity contribution in [3.05, 3.63) is 34.8 Å². The fourth-order valence-corrected chi connectivity index (χ4v) is 4.64. The molecule has 0 unspecified atom stereocenters. The summed E-state index contributed by atoms with van der Waals surface area (Å²) in [5.41, 5.74) is 1.23. The smallest absolute Gasteiger partial charge is 0.408 e. The van der Waals surface area contributed by atoms with Crippen LogP contribution in [0.25, 0.3) is 11.1 Å². The lowest BCUT2D eigenvalue weighted by molar-refractivity contribution is -0.132. The third-order valence-corrected chi connectivity index (χ3v) is 6.24. The first-order valence-corrected chi connectivity index (χ1v) is 9.77. The highest BCUT2D eigenvalue weighted by Crippen LogP contribution is 2.34. The molecule has 4 fully saturated rings. The van der Waals surface area contributed by atoms with E-state index < -0.39 is 5.76 Å². The van der Waals surface area contributed by atoms with Gasteiger partial charge in [-0.05, 0) is 49.7 Å². The number of hydrogen-bond donors (Lipinski definition) is 0. The van der Waals surface area contributed by atoms with Gasteiger partial charge < -0.3 is 9.32 Å². The van der Waals surface area contributed by atoms with Crippen LogP contribution in [0.15, 0.2) is 33.5 Å². The van der Waals surface area contributed by atoms with Gasteiger partial charge >= 0.3 is 5.76 Å². The van der Waals surface area contributed by atoms with Crippen molar-refractivity contribution in [2.24, 2.45) is 11.8 Å². The summed E-state index contributed by atoms with van der Waals surface area (Å²) in [6.45, 7) is 4.01. The first-order valence-electron chi connectivity index (χ1n) is 9.77. The van der Waals surface area contributed by atoms with E-state index in [0.29, 0.717) is 23.1 Å². The summed E-state index contributed by atoms with van der Waals surface area (Å²) in [6, 6.07) is 7.77. The van der Waals surface area contributed by atoms with Crippen molar-refractivity contribution in [3.63, 3.8) is 0 Å². The second kappa shape index (κ2) is 6.27. The number of carbonyl (C=O) groups excluding carboxylic acids is 1. The zero-order valence-corrected chi connectivity index (χ0v) is 15.0. The SMILES string of the molecule is O=C(Cn1c(=O)oc2ccccc21)N1C[C@@H]2CC[C@H](C1)N(CC1CC1)C2. The summed E-state index contributed by atoms with van der Waals surface area (Å²) >= 11 is 0. The zero-order chi connectivity index (χ0) is 17.7. The van der Waals surface area contributed by atoms with E-state index in [9.17, 15) is 9.59 Å². The molecule has 3 aliphatic heterocycles. The van der Waals surface area contributed by atoms with Gasteiger partial charge in [-0.1, -0.05) is 12.1 Å². The number of nitrogens with zero attached hydrogens (tertiary/aromatic N) is 3. The molecule has 6 heteroatoms. The summed E-state index contributed by atoms with van der Waals surface area (Å²) in [6.07, 6.45) is 5.14. The summed E-state index contributed by atoms with van der Waals surface area (Å²) in [7, 11) is 0. The molecule has 0 radical (unpaired) electrons. The standard InChI is InChI=1S/C20H25N3O3/c24-19(13-23-17-3-1-2-4-18(17)26-20(23)25)22-11-15-7-8-16(12-22)21(10-15)9-14-5-6-14/h1-4,14-16H,5-13H2/t15-,16-/m1/s1. The number of aromatic nitrogens is 1. The largest absolute Gasteiger partial charge is 0.420 e. The van der Waals surface area contributed by atoms with Crippen molar-refractivity contribution in [3.8, 4) is 0 Å². The average molecular weight is 355 g/mol. The van der Waals surface area contributed by atoms with E-state index in [-0.39, 0.29) is 12.5 Å². The Morgan fingerprint density at radius 3 is 2.77 bits per heavy atom. The number of oxazole rings is 1. The van der Waals surface area contributed by atoms with Crippen LogP contribution in [0.1, 0.15) is 25.7 Å². The van der Waals surface area contributed by atoms with E-state index in [1.807, 2.05) is 23.1 Å². The number of rotatable bonds is 4. The molecule has 6 rings (SSSR count). The van der Waals surface area contributed by atoms with Crippen LogP contribution in [0.5, 0.6) is 0 Å². The van der Waals surface area contributed by atoms with Gasteiger partial charge in [0.1, 0.15) is 6.54 Å². The van der Waals surface area contributed by atoms with Gasteiger partial charge in [0.2, 0.25) is 5.91 Å². The highest BCUT2D eigenvalue weighted by atomic mass is 16.4. The van der Waals surface area contributed by atoms with Gasteiger partial charge in [0.05, 0.1) is 5.52 Å². The summed E-state index contributed by atoms with van der Waals surface area (Å²) in [4.78, 5) is 29.8. The maximum absolute atomic E-state index is 13.0. The van der Waals surface area contributed by atoms with E-state index in [4.69, 9.17) is 4.42 Å². The lowest BCUT2D eigenvalue weighted by atomic mass is 9.95. The van der Waals surface area contributed by atoms with Crippen LogP contribution in [0.2, 0.25) is 0 Å². The van der Waals surface area contributed by atoms with Crippen molar-refractivity contribution in [1.82, 2.24) is 14.4 Å². The van der Waals surface area contributed by atoms with Gasteiger partial charge in [0, 0.05) is 32.2 Å². The molecule has 4 aliphatic rings. The summed E-state index contributed by atoms with van der Waals surface area (Å²) < 4.78 is 6.73. The Morgan fingerprint density at radius 2 is 1.92 bits per heavy atom. The second-order valence-electron chi connectivity index (χ2n) is 8.22. The summed E-state index contributed by atoms with van der Waals surface area (Å²) in [5, 5.41) is 0. The highest BCUT2D eigenvalue weighted by molar-refractivity contribution is 5.79. The maximum atomic E-state index is 13.0. The number of amides is 1. The maximum Gasteiger partial charge on any atom is 0.420 e. The van der Waals surface area contributed by atoms with Crippen molar-refractivity contribution in [2.45, 2.75) is 38.3 Å². The van der Waals surface area contributed by atoms with E-state index in [0.717, 1.165) is 25.6 Å².